The molecule has 0 bridgehead atoms. The van der Waals surface area contributed by atoms with Crippen LogP contribution in [0.25, 0.3) is 0 Å². The van der Waals surface area contributed by atoms with Gasteiger partial charge >= 0.3 is 11.9 Å². The summed E-state index contributed by atoms with van der Waals surface area (Å²) in [6.07, 6.45) is 1.31. The van der Waals surface area contributed by atoms with Gasteiger partial charge in [0.25, 0.3) is 0 Å². The highest BCUT2D eigenvalue weighted by atomic mass is 16.4. The first-order chi connectivity index (χ1) is 11.3. The van der Waals surface area contributed by atoms with Crippen molar-refractivity contribution in [3.8, 4) is 0 Å². The zero-order valence-corrected chi connectivity index (χ0v) is 13.3. The lowest BCUT2D eigenvalue weighted by molar-refractivity contribution is -0.159. The predicted molar refractivity (Wildman–Crippen MR) is 84.0 cm³/mol. The van der Waals surface area contributed by atoms with Crippen LogP contribution < -0.4 is 0 Å². The largest absolute Gasteiger partial charge is 0.473 e. The van der Waals surface area contributed by atoms with Crippen LogP contribution in [0, 0.1) is 0 Å². The molecule has 0 spiro atoms. The third kappa shape index (κ3) is 6.57. The van der Waals surface area contributed by atoms with Crippen LogP contribution in [0.5, 0.6) is 0 Å². The molecule has 8 nitrogen and oxygen atoms in total. The van der Waals surface area contributed by atoms with Crippen molar-refractivity contribution in [1.82, 2.24) is 9.80 Å². The number of hydrogen-bond donors (Lipinski definition) is 2. The standard InChI is InChI=1S/C14H18N2O2.C2H2O4/c1-15(10-12-6-3-2-4-7-12)11-14(18)16-9-5-8-13(16)17;3-1(4)2(5)6/h2-4,6-7H,5,8-11H2,1H3;(H,3,4)(H,5,6). The molecule has 1 aliphatic rings. The second kappa shape index (κ2) is 9.41. The number of hydrogen-bond acceptors (Lipinski definition) is 5. The van der Waals surface area contributed by atoms with Gasteiger partial charge in [-0.25, -0.2) is 9.59 Å². The molecule has 0 unspecified atom stereocenters. The number of benzene rings is 1. The first-order valence-corrected chi connectivity index (χ1v) is 7.33. The van der Waals surface area contributed by atoms with Crippen molar-refractivity contribution in [1.29, 1.82) is 0 Å². The lowest BCUT2D eigenvalue weighted by Gasteiger charge is -2.20. The van der Waals surface area contributed by atoms with Crippen LogP contribution in [0.4, 0.5) is 0 Å². The Morgan fingerprint density at radius 1 is 1.12 bits per heavy atom. The third-order valence-corrected chi connectivity index (χ3v) is 3.26. The van der Waals surface area contributed by atoms with E-state index >= 15 is 0 Å². The highest BCUT2D eigenvalue weighted by molar-refractivity contribution is 6.27. The molecule has 1 heterocycles. The Labute approximate surface area is 139 Å². The molecule has 1 aromatic carbocycles. The Morgan fingerprint density at radius 3 is 2.17 bits per heavy atom. The number of amides is 2. The second-order valence-electron chi connectivity index (χ2n) is 5.31. The molecule has 130 valence electrons. The van der Waals surface area contributed by atoms with Gasteiger partial charge in [0.1, 0.15) is 0 Å². The van der Waals surface area contributed by atoms with Crippen molar-refractivity contribution in [2.75, 3.05) is 20.1 Å². The van der Waals surface area contributed by atoms with Gasteiger partial charge in [-0.15, -0.1) is 0 Å². The van der Waals surface area contributed by atoms with E-state index in [2.05, 4.69) is 0 Å². The minimum Gasteiger partial charge on any atom is -0.473 e. The first-order valence-electron chi connectivity index (χ1n) is 7.33. The Kier molecular flexibility index (Phi) is 7.57. The molecule has 1 aliphatic heterocycles. The molecular weight excluding hydrogens is 316 g/mol. The number of carboxylic acid groups (broad SMARTS) is 2. The second-order valence-corrected chi connectivity index (χ2v) is 5.31. The SMILES string of the molecule is CN(CC(=O)N1CCCC1=O)Cc1ccccc1.O=C(O)C(=O)O. The smallest absolute Gasteiger partial charge is 0.414 e. The van der Waals surface area contributed by atoms with Crippen LogP contribution in [-0.2, 0) is 25.7 Å². The molecule has 2 amide bonds. The number of likely N-dealkylation sites (N-methyl/N-ethyl adjacent to an activating group) is 1. The van der Waals surface area contributed by atoms with Gasteiger partial charge in [0, 0.05) is 19.5 Å². The highest BCUT2D eigenvalue weighted by Gasteiger charge is 2.26. The fourth-order valence-corrected chi connectivity index (χ4v) is 2.18. The maximum absolute atomic E-state index is 11.9. The van der Waals surface area contributed by atoms with Crippen LogP contribution in [0.3, 0.4) is 0 Å². The summed E-state index contributed by atoms with van der Waals surface area (Å²) in [5.41, 5.74) is 1.17. The van der Waals surface area contributed by atoms with Gasteiger partial charge in [0.2, 0.25) is 11.8 Å². The van der Waals surface area contributed by atoms with E-state index in [-0.39, 0.29) is 11.8 Å². The number of carboxylic acids is 2. The predicted octanol–water partition coefficient (Wildman–Crippen LogP) is 0.423. The normalized spacial score (nSPS) is 13.4. The van der Waals surface area contributed by atoms with Crippen LogP contribution in [0.2, 0.25) is 0 Å². The highest BCUT2D eigenvalue weighted by Crippen LogP contribution is 2.10. The van der Waals surface area contributed by atoms with Gasteiger partial charge in [0.05, 0.1) is 6.54 Å². The minimum atomic E-state index is -1.82. The number of aliphatic carboxylic acids is 2. The van der Waals surface area contributed by atoms with Crippen LogP contribution in [-0.4, -0.2) is 63.9 Å². The number of carbonyl (C=O) groups is 4. The van der Waals surface area contributed by atoms with Crippen LogP contribution >= 0.6 is 0 Å². The fourth-order valence-electron chi connectivity index (χ4n) is 2.18. The topological polar surface area (TPSA) is 115 Å². The summed E-state index contributed by atoms with van der Waals surface area (Å²) in [4.78, 5) is 44.9. The van der Waals surface area contributed by atoms with Crippen molar-refractivity contribution in [2.24, 2.45) is 0 Å². The summed E-state index contributed by atoms with van der Waals surface area (Å²) >= 11 is 0. The number of nitrogens with zero attached hydrogens (tertiary/aromatic N) is 2. The van der Waals surface area contributed by atoms with E-state index in [1.54, 1.807) is 0 Å². The average Bonchev–Trinajstić information content (AvgIpc) is 2.95. The molecule has 0 atom stereocenters. The van der Waals surface area contributed by atoms with Crippen molar-refractivity contribution in [2.45, 2.75) is 19.4 Å². The molecule has 0 aromatic heterocycles. The summed E-state index contributed by atoms with van der Waals surface area (Å²) in [5.74, 6) is -3.77. The Hall–Kier alpha value is -2.74. The van der Waals surface area contributed by atoms with E-state index in [1.807, 2.05) is 42.3 Å². The average molecular weight is 336 g/mol. The van der Waals surface area contributed by atoms with Crippen molar-refractivity contribution in [3.05, 3.63) is 35.9 Å². The molecule has 0 saturated carbocycles. The van der Waals surface area contributed by atoms with Gasteiger partial charge in [0.15, 0.2) is 0 Å². The molecule has 1 fully saturated rings. The van der Waals surface area contributed by atoms with Crippen molar-refractivity contribution >= 4 is 23.8 Å². The molecule has 24 heavy (non-hydrogen) atoms. The molecule has 2 rings (SSSR count). The van der Waals surface area contributed by atoms with Gasteiger partial charge in [-0.05, 0) is 19.0 Å². The number of carbonyl (C=O) groups excluding carboxylic acids is 2. The van der Waals surface area contributed by atoms with Crippen LogP contribution in [0.1, 0.15) is 18.4 Å². The molecule has 0 aliphatic carbocycles. The third-order valence-electron chi connectivity index (χ3n) is 3.26. The zero-order valence-electron chi connectivity index (χ0n) is 13.3. The van der Waals surface area contributed by atoms with Crippen molar-refractivity contribution in [3.63, 3.8) is 0 Å². The van der Waals surface area contributed by atoms with Gasteiger partial charge in [-0.3, -0.25) is 19.4 Å². The van der Waals surface area contributed by atoms with Crippen LogP contribution in [0.15, 0.2) is 30.3 Å². The Morgan fingerprint density at radius 2 is 1.71 bits per heavy atom. The summed E-state index contributed by atoms with van der Waals surface area (Å²) < 4.78 is 0. The van der Waals surface area contributed by atoms with Gasteiger partial charge in [-0.2, -0.15) is 0 Å². The summed E-state index contributed by atoms with van der Waals surface area (Å²) in [5, 5.41) is 14.8. The zero-order chi connectivity index (χ0) is 18.1. The summed E-state index contributed by atoms with van der Waals surface area (Å²) in [6.45, 7) is 1.59. The number of likely N-dealkylation sites (tertiary alicyclic amines) is 1. The summed E-state index contributed by atoms with van der Waals surface area (Å²) in [6, 6.07) is 9.99. The monoisotopic (exact) mass is 336 g/mol. The quantitative estimate of drug-likeness (QED) is 0.766. The van der Waals surface area contributed by atoms with E-state index in [0.29, 0.717) is 26.1 Å². The van der Waals surface area contributed by atoms with E-state index in [4.69, 9.17) is 19.8 Å². The lowest BCUT2D eigenvalue weighted by Crippen LogP contribution is -2.39. The molecule has 0 radical (unpaired) electrons. The van der Waals surface area contributed by atoms with E-state index < -0.39 is 11.9 Å². The lowest BCUT2D eigenvalue weighted by atomic mass is 10.2. The number of rotatable bonds is 4. The Bertz CT molecular complexity index is 590. The Balaban J connectivity index is 0.000000413. The maximum atomic E-state index is 11.9. The minimum absolute atomic E-state index is 0.0342. The van der Waals surface area contributed by atoms with E-state index in [9.17, 15) is 9.59 Å². The van der Waals surface area contributed by atoms with Gasteiger partial charge in [-0.1, -0.05) is 30.3 Å². The van der Waals surface area contributed by atoms with Crippen molar-refractivity contribution < 1.29 is 29.4 Å². The first kappa shape index (κ1) is 19.3. The molecular formula is C16H20N2O6. The van der Waals surface area contributed by atoms with E-state index in [1.165, 1.54) is 10.5 Å². The number of imide groups is 1. The molecule has 2 N–H and O–H groups in total. The summed E-state index contributed by atoms with van der Waals surface area (Å²) in [7, 11) is 1.89. The fraction of sp³-hybridized carbons (Fsp3) is 0.375. The van der Waals surface area contributed by atoms with E-state index in [0.717, 1.165) is 6.42 Å². The van der Waals surface area contributed by atoms with Gasteiger partial charge < -0.3 is 10.2 Å². The maximum Gasteiger partial charge on any atom is 0.414 e. The molecule has 1 aromatic rings. The molecule has 8 heteroatoms. The molecule has 1 saturated heterocycles.